The minimum atomic E-state index is -0.584. The van der Waals surface area contributed by atoms with Crippen LogP contribution >= 0.6 is 0 Å². The molecule has 20 heavy (non-hydrogen) atoms. The average Bonchev–Trinajstić information content (AvgIpc) is 2.41. The number of aliphatic hydroxyl groups is 1. The van der Waals surface area contributed by atoms with Crippen LogP contribution in [0.25, 0.3) is 0 Å². The van der Waals surface area contributed by atoms with E-state index in [0.29, 0.717) is 19.3 Å². The Morgan fingerprint density at radius 3 is 2.55 bits per heavy atom. The smallest absolute Gasteiger partial charge is 0.233 e. The number of amides is 2. The minimum Gasteiger partial charge on any atom is -0.395 e. The lowest BCUT2D eigenvalue weighted by Gasteiger charge is -2.24. The number of hydrogen-bond acceptors (Lipinski definition) is 3. The second kappa shape index (κ2) is 6.31. The number of nitrogens with zero attached hydrogens (tertiary/aromatic N) is 1. The summed E-state index contributed by atoms with van der Waals surface area (Å²) in [7, 11) is 0. The Labute approximate surface area is 116 Å². The van der Waals surface area contributed by atoms with Crippen LogP contribution in [0.1, 0.15) is 31.2 Å². The maximum Gasteiger partial charge on any atom is 0.233 e. The van der Waals surface area contributed by atoms with Gasteiger partial charge in [0.1, 0.15) is 5.82 Å². The molecule has 4 nitrogen and oxygen atoms in total. The van der Waals surface area contributed by atoms with Crippen LogP contribution < -0.4 is 4.90 Å². The van der Waals surface area contributed by atoms with Gasteiger partial charge in [0.25, 0.3) is 0 Å². The van der Waals surface area contributed by atoms with E-state index >= 15 is 0 Å². The predicted octanol–water partition coefficient (Wildman–Crippen LogP) is 1.60. The fourth-order valence-corrected chi connectivity index (χ4v) is 2.00. The summed E-state index contributed by atoms with van der Waals surface area (Å²) < 4.78 is 13.9. The van der Waals surface area contributed by atoms with Crippen LogP contribution in [-0.4, -0.2) is 23.5 Å². The summed E-state index contributed by atoms with van der Waals surface area (Å²) in [4.78, 5) is 24.5. The van der Waals surface area contributed by atoms with Crippen molar-refractivity contribution in [1.29, 1.82) is 0 Å². The standard InChI is InChI=1S/C15H14FNO3/c16-13-10-12(8-7-11(13)4-1-2-9-18)17-14(19)5-3-6-15(17)20/h7-8,10,18H,2-3,5-6,9H2. The van der Waals surface area contributed by atoms with Gasteiger partial charge in [-0.25, -0.2) is 4.39 Å². The molecule has 0 aliphatic carbocycles. The topological polar surface area (TPSA) is 57.6 Å². The third kappa shape index (κ3) is 3.03. The van der Waals surface area contributed by atoms with Gasteiger partial charge in [0, 0.05) is 19.3 Å². The molecule has 2 amide bonds. The third-order valence-electron chi connectivity index (χ3n) is 2.95. The fourth-order valence-electron chi connectivity index (χ4n) is 2.00. The molecule has 0 atom stereocenters. The van der Waals surface area contributed by atoms with Gasteiger partial charge in [0.2, 0.25) is 11.8 Å². The number of anilines is 1. The average molecular weight is 275 g/mol. The van der Waals surface area contributed by atoms with Gasteiger partial charge in [0.15, 0.2) is 0 Å². The van der Waals surface area contributed by atoms with Crippen LogP contribution in [-0.2, 0) is 9.59 Å². The number of carbonyl (C=O) groups is 2. The fraction of sp³-hybridized carbons (Fsp3) is 0.333. The van der Waals surface area contributed by atoms with Crippen molar-refractivity contribution in [2.45, 2.75) is 25.7 Å². The minimum absolute atomic E-state index is 0.0799. The maximum absolute atomic E-state index is 13.9. The van der Waals surface area contributed by atoms with Gasteiger partial charge < -0.3 is 5.11 Å². The zero-order chi connectivity index (χ0) is 14.5. The molecule has 1 aliphatic heterocycles. The van der Waals surface area contributed by atoms with E-state index in [2.05, 4.69) is 11.8 Å². The predicted molar refractivity (Wildman–Crippen MR) is 71.3 cm³/mol. The molecule has 104 valence electrons. The normalized spacial score (nSPS) is 15.0. The second-order valence-electron chi connectivity index (χ2n) is 4.42. The van der Waals surface area contributed by atoms with Crippen molar-refractivity contribution in [3.8, 4) is 11.8 Å². The van der Waals surface area contributed by atoms with Crippen LogP contribution in [0.15, 0.2) is 18.2 Å². The van der Waals surface area contributed by atoms with E-state index in [0.717, 1.165) is 11.0 Å². The van der Waals surface area contributed by atoms with Gasteiger partial charge in [-0.3, -0.25) is 14.5 Å². The molecule has 1 heterocycles. The Bertz CT molecular complexity index is 585. The molecule has 1 saturated heterocycles. The Morgan fingerprint density at radius 1 is 1.25 bits per heavy atom. The first kappa shape index (κ1) is 14.2. The zero-order valence-corrected chi connectivity index (χ0v) is 10.9. The highest BCUT2D eigenvalue weighted by Crippen LogP contribution is 2.23. The Morgan fingerprint density at radius 2 is 1.95 bits per heavy atom. The molecule has 0 aromatic heterocycles. The zero-order valence-electron chi connectivity index (χ0n) is 10.9. The number of carbonyl (C=O) groups excluding carboxylic acids is 2. The highest BCUT2D eigenvalue weighted by atomic mass is 19.1. The van der Waals surface area contributed by atoms with Crippen molar-refractivity contribution in [3.63, 3.8) is 0 Å². The van der Waals surface area contributed by atoms with E-state index < -0.39 is 5.82 Å². The van der Waals surface area contributed by atoms with E-state index in [1.54, 1.807) is 0 Å². The number of hydrogen-bond donors (Lipinski definition) is 1. The van der Waals surface area contributed by atoms with Crippen LogP contribution in [0, 0.1) is 17.7 Å². The van der Waals surface area contributed by atoms with Gasteiger partial charge in [0.05, 0.1) is 17.9 Å². The van der Waals surface area contributed by atoms with E-state index in [1.807, 2.05) is 0 Å². The summed E-state index contributed by atoms with van der Waals surface area (Å²) in [6.45, 7) is -0.0799. The Balaban J connectivity index is 2.27. The molecule has 1 aromatic rings. The van der Waals surface area contributed by atoms with Crippen LogP contribution in [0.3, 0.4) is 0 Å². The molecule has 0 spiro atoms. The lowest BCUT2D eigenvalue weighted by molar-refractivity contribution is -0.129. The van der Waals surface area contributed by atoms with Gasteiger partial charge in [-0.15, -0.1) is 0 Å². The first-order valence-corrected chi connectivity index (χ1v) is 6.38. The highest BCUT2D eigenvalue weighted by Gasteiger charge is 2.27. The van der Waals surface area contributed by atoms with Crippen LogP contribution in [0.5, 0.6) is 0 Å². The van der Waals surface area contributed by atoms with Gasteiger partial charge in [-0.05, 0) is 24.6 Å². The van der Waals surface area contributed by atoms with E-state index in [1.165, 1.54) is 12.1 Å². The molecule has 5 heteroatoms. The van der Waals surface area contributed by atoms with Crippen molar-refractivity contribution in [1.82, 2.24) is 0 Å². The number of imide groups is 1. The number of aliphatic hydroxyl groups excluding tert-OH is 1. The van der Waals surface area contributed by atoms with Crippen molar-refractivity contribution in [2.75, 3.05) is 11.5 Å². The third-order valence-corrected chi connectivity index (χ3v) is 2.95. The Hall–Kier alpha value is -2.19. The molecular weight excluding hydrogens is 261 g/mol. The second-order valence-corrected chi connectivity index (χ2v) is 4.42. The quantitative estimate of drug-likeness (QED) is 0.659. The van der Waals surface area contributed by atoms with Gasteiger partial charge >= 0.3 is 0 Å². The largest absolute Gasteiger partial charge is 0.395 e. The highest BCUT2D eigenvalue weighted by molar-refractivity contribution is 6.16. The number of piperidine rings is 1. The van der Waals surface area contributed by atoms with Crippen molar-refractivity contribution in [2.24, 2.45) is 0 Å². The van der Waals surface area contributed by atoms with Crippen molar-refractivity contribution < 1.29 is 19.1 Å². The summed E-state index contributed by atoms with van der Waals surface area (Å²) in [6, 6.07) is 4.08. The van der Waals surface area contributed by atoms with Crippen LogP contribution in [0.4, 0.5) is 10.1 Å². The van der Waals surface area contributed by atoms with E-state index in [9.17, 15) is 14.0 Å². The molecule has 1 fully saturated rings. The summed E-state index contributed by atoms with van der Waals surface area (Å²) in [5.41, 5.74) is 0.420. The summed E-state index contributed by atoms with van der Waals surface area (Å²) in [5.74, 6) is 4.02. The molecule has 1 aliphatic rings. The van der Waals surface area contributed by atoms with Crippen molar-refractivity contribution >= 4 is 17.5 Å². The lowest BCUT2D eigenvalue weighted by atomic mass is 10.1. The maximum atomic E-state index is 13.9. The molecule has 0 radical (unpaired) electrons. The first-order valence-electron chi connectivity index (χ1n) is 6.38. The molecule has 0 bridgehead atoms. The van der Waals surface area contributed by atoms with Gasteiger partial charge in [-0.2, -0.15) is 0 Å². The van der Waals surface area contributed by atoms with Crippen LogP contribution in [0.2, 0.25) is 0 Å². The van der Waals surface area contributed by atoms with E-state index in [4.69, 9.17) is 5.11 Å². The lowest BCUT2D eigenvalue weighted by Crippen LogP contribution is -2.40. The monoisotopic (exact) mass is 275 g/mol. The number of benzene rings is 1. The van der Waals surface area contributed by atoms with Gasteiger partial charge in [-0.1, -0.05) is 11.8 Å². The summed E-state index contributed by atoms with van der Waals surface area (Å²) >= 11 is 0. The number of rotatable bonds is 2. The van der Waals surface area contributed by atoms with Crippen molar-refractivity contribution in [3.05, 3.63) is 29.6 Å². The molecular formula is C15H14FNO3. The van der Waals surface area contributed by atoms with E-state index in [-0.39, 0.29) is 36.1 Å². The molecule has 0 unspecified atom stereocenters. The summed E-state index contributed by atoms with van der Waals surface area (Å²) in [5, 5.41) is 8.61. The molecule has 0 saturated carbocycles. The Kier molecular flexibility index (Phi) is 4.49. The molecule has 1 aromatic carbocycles. The first-order chi connectivity index (χ1) is 9.63. The molecule has 1 N–H and O–H groups in total. The SMILES string of the molecule is O=C1CCCC(=O)N1c1ccc(C#CCCO)c(F)c1. The number of halogens is 1. The summed E-state index contributed by atoms with van der Waals surface area (Å²) in [6.07, 6.45) is 1.41. The molecule has 2 rings (SSSR count).